The van der Waals surface area contributed by atoms with Crippen LogP contribution >= 0.6 is 0 Å². The summed E-state index contributed by atoms with van der Waals surface area (Å²) in [6.45, 7) is 4.39. The fourth-order valence-corrected chi connectivity index (χ4v) is 4.73. The minimum atomic E-state index is -4.19. The van der Waals surface area contributed by atoms with Crippen molar-refractivity contribution in [1.82, 2.24) is 0 Å². The van der Waals surface area contributed by atoms with Crippen LogP contribution in [0, 0.1) is 0 Å². The normalized spacial score (nSPS) is 13.8. The first-order valence-corrected chi connectivity index (χ1v) is 13.5. The van der Waals surface area contributed by atoms with Gasteiger partial charge in [0.1, 0.15) is 0 Å². The Morgan fingerprint density at radius 2 is 0.931 bits per heavy atom. The van der Waals surface area contributed by atoms with E-state index in [0.29, 0.717) is 12.8 Å². The molecule has 0 amide bonds. The Bertz CT molecular complexity index is 429. The van der Waals surface area contributed by atoms with Crippen molar-refractivity contribution in [2.24, 2.45) is 0 Å². The first-order chi connectivity index (χ1) is 13.4. The van der Waals surface area contributed by atoms with Gasteiger partial charge in [0.15, 0.2) is 0 Å². The summed E-state index contributed by atoms with van der Waals surface area (Å²) < 4.78 is 34.6. The average Bonchev–Trinajstić information content (AvgIpc) is 2.64. The van der Waals surface area contributed by atoms with Gasteiger partial charge in [-0.15, -0.1) is 0 Å². The van der Waals surface area contributed by atoms with E-state index in [1.165, 1.54) is 51.4 Å². The van der Waals surface area contributed by atoms with Crippen molar-refractivity contribution >= 4 is 10.1 Å². The predicted octanol–water partition coefficient (Wildman–Crippen LogP) is 3.72. The van der Waals surface area contributed by atoms with Gasteiger partial charge in [-0.25, -0.2) is 8.42 Å². The van der Waals surface area contributed by atoms with Gasteiger partial charge in [0.25, 0.3) is 0 Å². The van der Waals surface area contributed by atoms with Crippen LogP contribution in [0.2, 0.25) is 0 Å². The van der Waals surface area contributed by atoms with Crippen molar-refractivity contribution in [2.45, 2.75) is 147 Å². The second-order valence-corrected chi connectivity index (χ2v) is 10.2. The van der Waals surface area contributed by atoms with Crippen LogP contribution in [0.25, 0.3) is 0 Å². The van der Waals surface area contributed by atoms with Gasteiger partial charge in [0.2, 0.25) is 0 Å². The van der Waals surface area contributed by atoms with Crippen molar-refractivity contribution in [3.63, 3.8) is 0 Å². The molecule has 0 aromatic heterocycles. The first kappa shape index (κ1) is 32.1. The standard InChI is InChI=1S/C23H48O4S.Na/c1-3-5-7-9-10-11-12-16-20-23(28(25,26)27)21-17-13-15-19-22(24)18-14-8-6-4-2;/h22-24H,3-21H2,1-2H3,(H,25,26,27);/q;+1/p-1. The molecule has 170 valence electrons. The molecule has 0 aliphatic carbocycles. The van der Waals surface area contributed by atoms with Gasteiger partial charge in [-0.3, -0.25) is 0 Å². The summed E-state index contributed by atoms with van der Waals surface area (Å²) in [6.07, 6.45) is 19.1. The van der Waals surface area contributed by atoms with Gasteiger partial charge in [0.05, 0.1) is 16.2 Å². The van der Waals surface area contributed by atoms with E-state index in [4.69, 9.17) is 0 Å². The molecule has 0 bridgehead atoms. The minimum absolute atomic E-state index is 0. The fraction of sp³-hybridized carbons (Fsp3) is 1.00. The molecule has 0 saturated carbocycles. The van der Waals surface area contributed by atoms with Crippen molar-refractivity contribution in [3.8, 4) is 0 Å². The average molecular weight is 443 g/mol. The molecule has 1 N–H and O–H groups in total. The first-order valence-electron chi connectivity index (χ1n) is 12.0. The Labute approximate surface area is 204 Å². The molecule has 0 saturated heterocycles. The van der Waals surface area contributed by atoms with Crippen LogP contribution in [0.4, 0.5) is 0 Å². The van der Waals surface area contributed by atoms with E-state index in [9.17, 15) is 18.1 Å². The van der Waals surface area contributed by atoms with Gasteiger partial charge in [-0.1, -0.05) is 110 Å². The smallest absolute Gasteiger partial charge is 0.748 e. The van der Waals surface area contributed by atoms with E-state index in [1.807, 2.05) is 0 Å². The molecular weight excluding hydrogens is 395 g/mol. The van der Waals surface area contributed by atoms with Crippen LogP contribution < -0.4 is 29.6 Å². The summed E-state index contributed by atoms with van der Waals surface area (Å²) in [7, 11) is -4.19. The number of unbranched alkanes of at least 4 members (excludes halogenated alkanes) is 12. The van der Waals surface area contributed by atoms with Gasteiger partial charge in [-0.2, -0.15) is 0 Å². The van der Waals surface area contributed by atoms with Crippen LogP contribution in [-0.4, -0.2) is 29.4 Å². The third-order valence-electron chi connectivity index (χ3n) is 5.74. The molecule has 0 aliphatic rings. The van der Waals surface area contributed by atoms with Gasteiger partial charge < -0.3 is 9.66 Å². The number of aliphatic hydroxyl groups excluding tert-OH is 1. The van der Waals surface area contributed by atoms with Crippen LogP contribution in [0.1, 0.15) is 136 Å². The summed E-state index contributed by atoms with van der Waals surface area (Å²) in [5, 5.41) is 9.26. The maximum absolute atomic E-state index is 11.5. The summed E-state index contributed by atoms with van der Waals surface area (Å²) in [5.41, 5.74) is 0. The third-order valence-corrected chi connectivity index (χ3v) is 7.03. The quantitative estimate of drug-likeness (QED) is 0.167. The predicted molar refractivity (Wildman–Crippen MR) is 119 cm³/mol. The van der Waals surface area contributed by atoms with Gasteiger partial charge in [-0.05, 0) is 25.7 Å². The Hall–Kier alpha value is 0.870. The Morgan fingerprint density at radius 1 is 0.621 bits per heavy atom. The van der Waals surface area contributed by atoms with Gasteiger partial charge in [0, 0.05) is 5.25 Å². The fourth-order valence-electron chi connectivity index (χ4n) is 3.82. The van der Waals surface area contributed by atoms with Crippen LogP contribution in [0.3, 0.4) is 0 Å². The number of hydrogen-bond acceptors (Lipinski definition) is 4. The third kappa shape index (κ3) is 21.9. The van der Waals surface area contributed by atoms with Crippen molar-refractivity contribution < 1.29 is 47.6 Å². The van der Waals surface area contributed by atoms with Crippen LogP contribution in [0.5, 0.6) is 0 Å². The summed E-state index contributed by atoms with van der Waals surface area (Å²) in [6, 6.07) is 0. The van der Waals surface area contributed by atoms with E-state index in [0.717, 1.165) is 57.8 Å². The van der Waals surface area contributed by atoms with Crippen LogP contribution in [0.15, 0.2) is 0 Å². The minimum Gasteiger partial charge on any atom is -0.748 e. The molecule has 2 atom stereocenters. The zero-order valence-corrected chi connectivity index (χ0v) is 22.5. The molecule has 6 heteroatoms. The van der Waals surface area contributed by atoms with E-state index < -0.39 is 15.4 Å². The Morgan fingerprint density at radius 3 is 1.34 bits per heavy atom. The summed E-state index contributed by atoms with van der Waals surface area (Å²) in [5.74, 6) is 0. The molecule has 0 rings (SSSR count). The largest absolute Gasteiger partial charge is 1.00 e. The van der Waals surface area contributed by atoms with Gasteiger partial charge >= 0.3 is 29.6 Å². The Kier molecular flexibility index (Phi) is 24.4. The maximum atomic E-state index is 11.5. The SMILES string of the molecule is CCCCCCCCCCC(CCCCCC(O)CCCCCC)S(=O)(=O)[O-].[Na+]. The molecule has 0 aliphatic heterocycles. The summed E-state index contributed by atoms with van der Waals surface area (Å²) in [4.78, 5) is 0. The molecule has 0 heterocycles. The van der Waals surface area contributed by atoms with E-state index in [2.05, 4.69) is 13.8 Å². The number of aliphatic hydroxyl groups is 1. The number of rotatable bonds is 21. The van der Waals surface area contributed by atoms with E-state index >= 15 is 0 Å². The zero-order chi connectivity index (χ0) is 21.1. The molecule has 0 aromatic rings. The number of hydrogen-bond donors (Lipinski definition) is 1. The Balaban J connectivity index is 0. The summed E-state index contributed by atoms with van der Waals surface area (Å²) >= 11 is 0. The van der Waals surface area contributed by atoms with Crippen molar-refractivity contribution in [2.75, 3.05) is 0 Å². The van der Waals surface area contributed by atoms with Crippen molar-refractivity contribution in [1.29, 1.82) is 0 Å². The molecular formula is C23H47NaO4S. The van der Waals surface area contributed by atoms with Crippen LogP contribution in [-0.2, 0) is 10.1 Å². The maximum Gasteiger partial charge on any atom is 1.00 e. The topological polar surface area (TPSA) is 77.4 Å². The van der Waals surface area contributed by atoms with Crippen molar-refractivity contribution in [3.05, 3.63) is 0 Å². The second-order valence-electron chi connectivity index (χ2n) is 8.52. The molecule has 0 aromatic carbocycles. The molecule has 0 spiro atoms. The molecule has 4 nitrogen and oxygen atoms in total. The molecule has 0 radical (unpaired) electrons. The zero-order valence-electron chi connectivity index (χ0n) is 19.7. The monoisotopic (exact) mass is 442 g/mol. The molecule has 29 heavy (non-hydrogen) atoms. The second kappa shape index (κ2) is 22.1. The van der Waals surface area contributed by atoms with E-state index in [-0.39, 0.29) is 35.7 Å². The van der Waals surface area contributed by atoms with E-state index in [1.54, 1.807) is 0 Å². The molecule has 2 unspecified atom stereocenters. The molecule has 0 fully saturated rings.